The van der Waals surface area contributed by atoms with E-state index < -0.39 is 5.92 Å². The minimum absolute atomic E-state index is 0.0713. The number of hydrogen-bond acceptors (Lipinski definition) is 2. The maximum Gasteiger partial charge on any atom is 0.237 e. The van der Waals surface area contributed by atoms with Gasteiger partial charge in [-0.25, -0.2) is 0 Å². The molecular weight excluding hydrogens is 200 g/mol. The lowest BCUT2D eigenvalue weighted by molar-refractivity contribution is -0.125. The van der Waals surface area contributed by atoms with Crippen LogP contribution in [-0.4, -0.2) is 11.4 Å². The lowest BCUT2D eigenvalue weighted by Crippen LogP contribution is -2.49. The second-order valence-electron chi connectivity index (χ2n) is 5.08. The molecule has 1 fully saturated rings. The van der Waals surface area contributed by atoms with E-state index in [2.05, 4.69) is 18.3 Å². The SMILES string of the molecule is CCCC(C#N)C(=O)NC1(C)CCCCC1. The molecule has 0 spiro atoms. The van der Waals surface area contributed by atoms with Crippen molar-refractivity contribution < 1.29 is 4.79 Å². The smallest absolute Gasteiger partial charge is 0.237 e. The molecule has 90 valence electrons. The van der Waals surface area contributed by atoms with Crippen LogP contribution in [0.2, 0.25) is 0 Å². The van der Waals surface area contributed by atoms with Crippen molar-refractivity contribution in [1.29, 1.82) is 5.26 Å². The number of rotatable bonds is 4. The Balaban J connectivity index is 2.51. The molecule has 0 bridgehead atoms. The van der Waals surface area contributed by atoms with E-state index in [0.29, 0.717) is 6.42 Å². The van der Waals surface area contributed by atoms with Gasteiger partial charge in [-0.3, -0.25) is 4.79 Å². The average Bonchev–Trinajstić information content (AvgIpc) is 2.26. The van der Waals surface area contributed by atoms with E-state index in [0.717, 1.165) is 19.3 Å². The van der Waals surface area contributed by atoms with Gasteiger partial charge in [-0.15, -0.1) is 0 Å². The first-order valence-corrected chi connectivity index (χ1v) is 6.33. The zero-order valence-corrected chi connectivity index (χ0v) is 10.4. The summed E-state index contributed by atoms with van der Waals surface area (Å²) in [5.74, 6) is -0.544. The second-order valence-corrected chi connectivity index (χ2v) is 5.08. The fourth-order valence-corrected chi connectivity index (χ4v) is 2.38. The summed E-state index contributed by atoms with van der Waals surface area (Å²) in [6, 6.07) is 2.10. The van der Waals surface area contributed by atoms with Gasteiger partial charge < -0.3 is 5.32 Å². The molecule has 1 saturated carbocycles. The van der Waals surface area contributed by atoms with Crippen molar-refractivity contribution in [3.8, 4) is 6.07 Å². The van der Waals surface area contributed by atoms with Crippen molar-refractivity contribution in [3.63, 3.8) is 0 Å². The Labute approximate surface area is 98.2 Å². The first-order valence-electron chi connectivity index (χ1n) is 6.33. The van der Waals surface area contributed by atoms with Crippen LogP contribution in [-0.2, 0) is 4.79 Å². The summed E-state index contributed by atoms with van der Waals surface area (Å²) in [6.45, 7) is 4.10. The van der Waals surface area contributed by atoms with Gasteiger partial charge >= 0.3 is 0 Å². The van der Waals surface area contributed by atoms with E-state index in [4.69, 9.17) is 5.26 Å². The van der Waals surface area contributed by atoms with Crippen LogP contribution in [0.4, 0.5) is 0 Å². The van der Waals surface area contributed by atoms with Crippen LogP contribution < -0.4 is 5.32 Å². The highest BCUT2D eigenvalue weighted by Gasteiger charge is 2.30. The van der Waals surface area contributed by atoms with Crippen LogP contribution in [0.1, 0.15) is 58.8 Å². The molecule has 1 atom stereocenters. The molecule has 3 heteroatoms. The van der Waals surface area contributed by atoms with E-state index in [-0.39, 0.29) is 11.4 Å². The van der Waals surface area contributed by atoms with Crippen LogP contribution in [0.5, 0.6) is 0 Å². The number of amides is 1. The molecular formula is C13H22N2O. The summed E-state index contributed by atoms with van der Waals surface area (Å²) in [5, 5.41) is 12.0. The fourth-order valence-electron chi connectivity index (χ4n) is 2.38. The molecule has 0 heterocycles. The summed E-state index contributed by atoms with van der Waals surface area (Å²) in [5.41, 5.74) is -0.0713. The van der Waals surface area contributed by atoms with Crippen LogP contribution in [0.3, 0.4) is 0 Å². The Kier molecular flexibility index (Phi) is 4.79. The minimum atomic E-state index is -0.469. The monoisotopic (exact) mass is 222 g/mol. The van der Waals surface area contributed by atoms with Crippen molar-refractivity contribution in [2.45, 2.75) is 64.3 Å². The van der Waals surface area contributed by atoms with E-state index in [1.807, 2.05) is 6.92 Å². The summed E-state index contributed by atoms with van der Waals surface area (Å²) in [7, 11) is 0. The Morgan fingerprint density at radius 3 is 2.56 bits per heavy atom. The molecule has 0 aromatic rings. The van der Waals surface area contributed by atoms with Crippen molar-refractivity contribution in [3.05, 3.63) is 0 Å². The molecule has 0 aliphatic heterocycles. The van der Waals surface area contributed by atoms with Gasteiger partial charge in [0, 0.05) is 5.54 Å². The number of nitrogens with zero attached hydrogens (tertiary/aromatic N) is 1. The second kappa shape index (κ2) is 5.89. The maximum atomic E-state index is 11.9. The summed E-state index contributed by atoms with van der Waals surface area (Å²) in [4.78, 5) is 11.9. The van der Waals surface area contributed by atoms with E-state index in [1.165, 1.54) is 19.3 Å². The van der Waals surface area contributed by atoms with Crippen LogP contribution in [0, 0.1) is 17.2 Å². The van der Waals surface area contributed by atoms with Crippen LogP contribution >= 0.6 is 0 Å². The van der Waals surface area contributed by atoms with Crippen molar-refractivity contribution in [1.82, 2.24) is 5.32 Å². The molecule has 0 saturated heterocycles. The zero-order valence-electron chi connectivity index (χ0n) is 10.4. The number of nitrogens with one attached hydrogen (secondary N) is 1. The average molecular weight is 222 g/mol. The van der Waals surface area contributed by atoms with E-state index in [9.17, 15) is 4.79 Å². The van der Waals surface area contributed by atoms with Gasteiger partial charge in [-0.1, -0.05) is 32.6 Å². The highest BCUT2D eigenvalue weighted by atomic mass is 16.2. The van der Waals surface area contributed by atoms with Gasteiger partial charge in [-0.2, -0.15) is 5.26 Å². The highest BCUT2D eigenvalue weighted by molar-refractivity contribution is 5.81. The van der Waals surface area contributed by atoms with Crippen LogP contribution in [0.25, 0.3) is 0 Å². The third kappa shape index (κ3) is 3.52. The van der Waals surface area contributed by atoms with Gasteiger partial charge in [0.05, 0.1) is 6.07 Å². The standard InChI is InChI=1S/C13H22N2O/c1-3-7-11(10-14)12(16)15-13(2)8-5-4-6-9-13/h11H,3-9H2,1-2H3,(H,15,16). The van der Waals surface area contributed by atoms with Crippen molar-refractivity contribution >= 4 is 5.91 Å². The Bertz CT molecular complexity index is 274. The van der Waals surface area contributed by atoms with Crippen LogP contribution in [0.15, 0.2) is 0 Å². The molecule has 0 radical (unpaired) electrons. The van der Waals surface area contributed by atoms with E-state index >= 15 is 0 Å². The predicted octanol–water partition coefficient (Wildman–Crippen LogP) is 2.77. The minimum Gasteiger partial charge on any atom is -0.350 e. The summed E-state index contributed by atoms with van der Waals surface area (Å²) >= 11 is 0. The van der Waals surface area contributed by atoms with Gasteiger partial charge in [0.15, 0.2) is 0 Å². The molecule has 3 nitrogen and oxygen atoms in total. The number of hydrogen-bond donors (Lipinski definition) is 1. The molecule has 0 aromatic carbocycles. The molecule has 1 N–H and O–H groups in total. The number of nitriles is 1. The van der Waals surface area contributed by atoms with Gasteiger partial charge in [0.25, 0.3) is 0 Å². The Hall–Kier alpha value is -1.04. The number of carbonyl (C=O) groups is 1. The first kappa shape index (κ1) is 13.0. The predicted molar refractivity (Wildman–Crippen MR) is 63.6 cm³/mol. The largest absolute Gasteiger partial charge is 0.350 e. The molecule has 1 unspecified atom stereocenters. The summed E-state index contributed by atoms with van der Waals surface area (Å²) in [6.07, 6.45) is 7.26. The summed E-state index contributed by atoms with van der Waals surface area (Å²) < 4.78 is 0. The molecule has 1 aliphatic carbocycles. The zero-order chi connectivity index (χ0) is 12.0. The Morgan fingerprint density at radius 1 is 1.44 bits per heavy atom. The maximum absolute atomic E-state index is 11.9. The van der Waals surface area contributed by atoms with Crippen molar-refractivity contribution in [2.75, 3.05) is 0 Å². The molecule has 0 aromatic heterocycles. The highest BCUT2D eigenvalue weighted by Crippen LogP contribution is 2.27. The first-order chi connectivity index (χ1) is 7.61. The van der Waals surface area contributed by atoms with Gasteiger partial charge in [0.2, 0.25) is 5.91 Å². The molecule has 16 heavy (non-hydrogen) atoms. The normalized spacial score (nSPS) is 20.8. The third-order valence-corrected chi connectivity index (χ3v) is 3.43. The van der Waals surface area contributed by atoms with Crippen molar-refractivity contribution in [2.24, 2.45) is 5.92 Å². The third-order valence-electron chi connectivity index (χ3n) is 3.43. The molecule has 1 rings (SSSR count). The topological polar surface area (TPSA) is 52.9 Å². The number of carbonyl (C=O) groups excluding carboxylic acids is 1. The molecule has 1 amide bonds. The van der Waals surface area contributed by atoms with Gasteiger partial charge in [-0.05, 0) is 26.2 Å². The van der Waals surface area contributed by atoms with E-state index in [1.54, 1.807) is 0 Å². The fraction of sp³-hybridized carbons (Fsp3) is 0.846. The Morgan fingerprint density at radius 2 is 2.06 bits per heavy atom. The lowest BCUT2D eigenvalue weighted by Gasteiger charge is -2.35. The quantitative estimate of drug-likeness (QED) is 0.795. The lowest BCUT2D eigenvalue weighted by atomic mass is 9.83. The molecule has 1 aliphatic rings. The van der Waals surface area contributed by atoms with Gasteiger partial charge in [0.1, 0.15) is 5.92 Å².